The van der Waals surface area contributed by atoms with Crippen molar-refractivity contribution in [1.29, 1.82) is 0 Å². The summed E-state index contributed by atoms with van der Waals surface area (Å²) in [4.78, 5) is 4.06. The molecule has 0 unspecified atom stereocenters. The summed E-state index contributed by atoms with van der Waals surface area (Å²) >= 11 is 0. The molecule has 0 aliphatic heterocycles. The Balaban J connectivity index is 0.915. The fourth-order valence-corrected chi connectivity index (χ4v) is 12.3. The van der Waals surface area contributed by atoms with E-state index in [-0.39, 0.29) is 23.3 Å². The van der Waals surface area contributed by atoms with Crippen molar-refractivity contribution in [1.82, 2.24) is 0 Å². The summed E-state index contributed by atoms with van der Waals surface area (Å²) in [5.74, 6) is -1.52. The van der Waals surface area contributed by atoms with Gasteiger partial charge in [0.05, 0.1) is 0 Å². The Labute approximate surface area is 457 Å². The van der Waals surface area contributed by atoms with E-state index < -0.39 is 0 Å². The summed E-state index contributed by atoms with van der Waals surface area (Å²) in [5.41, 5.74) is 8.87. The van der Waals surface area contributed by atoms with Crippen molar-refractivity contribution in [3.8, 4) is 22.3 Å². The second-order valence-electron chi connectivity index (χ2n) is 20.6. The summed E-state index contributed by atoms with van der Waals surface area (Å²) in [5, 5.41) is 12.6. The molecule has 0 aromatic heterocycles. The van der Waals surface area contributed by atoms with Gasteiger partial charge in [-0.15, -0.1) is 0 Å². The molecule has 0 atom stereocenters. The molecule has 15 aromatic rings. The van der Waals surface area contributed by atoms with Crippen molar-refractivity contribution in [2.75, 3.05) is 9.80 Å². The maximum Gasteiger partial charge on any atom is 0.131 e. The Bertz CT molecular complexity index is 4700. The Morgan fingerprint density at radius 1 is 0.200 bits per heavy atom. The number of hydrogen-bond acceptors (Lipinski definition) is 2. The minimum atomic E-state index is -0.387. The second kappa shape index (κ2) is 18.7. The number of halogens is 4. The van der Waals surface area contributed by atoms with Gasteiger partial charge in [-0.1, -0.05) is 146 Å². The molecular formula is C74H44F4N2. The quantitative estimate of drug-likeness (QED) is 0.0850. The van der Waals surface area contributed by atoms with E-state index in [1.165, 1.54) is 36.4 Å². The van der Waals surface area contributed by atoms with Gasteiger partial charge in [0.25, 0.3) is 0 Å². The Morgan fingerprint density at radius 2 is 0.562 bits per heavy atom. The molecule has 15 rings (SSSR count). The van der Waals surface area contributed by atoms with Crippen molar-refractivity contribution in [3.05, 3.63) is 290 Å². The minimum Gasteiger partial charge on any atom is -0.310 e. The summed E-state index contributed by atoms with van der Waals surface area (Å²) in [6, 6.07) is 85.6. The highest BCUT2D eigenvalue weighted by Crippen LogP contribution is 2.47. The molecule has 0 aliphatic rings. The van der Waals surface area contributed by atoms with Gasteiger partial charge in [0, 0.05) is 44.9 Å². The number of fused-ring (bicyclic) bond motifs is 14. The molecule has 0 amide bonds. The lowest BCUT2D eigenvalue weighted by Crippen LogP contribution is -2.10. The molecule has 6 heteroatoms. The number of nitrogens with zero attached hydrogens (tertiary/aromatic N) is 2. The average molecular weight is 1040 g/mol. The van der Waals surface area contributed by atoms with Gasteiger partial charge in [0.1, 0.15) is 23.3 Å². The van der Waals surface area contributed by atoms with Crippen LogP contribution in [0, 0.1) is 23.3 Å². The number of benzene rings is 15. The molecule has 0 heterocycles. The first kappa shape index (κ1) is 47.0. The predicted molar refractivity (Wildman–Crippen MR) is 327 cm³/mol. The molecule has 0 aliphatic carbocycles. The fourth-order valence-electron chi connectivity index (χ4n) is 12.3. The summed E-state index contributed by atoms with van der Waals surface area (Å²) < 4.78 is 64.4. The lowest BCUT2D eigenvalue weighted by atomic mass is 9.88. The Kier molecular flexibility index (Phi) is 11.0. The van der Waals surface area contributed by atoms with Crippen molar-refractivity contribution in [3.63, 3.8) is 0 Å². The largest absolute Gasteiger partial charge is 0.310 e. The molecule has 0 N–H and O–H groups in total. The Morgan fingerprint density at radius 3 is 1.00 bits per heavy atom. The lowest BCUT2D eigenvalue weighted by Gasteiger charge is -2.27. The maximum atomic E-state index is 16.9. The number of rotatable bonds is 8. The smallest absolute Gasteiger partial charge is 0.131 e. The van der Waals surface area contributed by atoms with Crippen LogP contribution in [-0.2, 0) is 0 Å². The van der Waals surface area contributed by atoms with Crippen LogP contribution in [0.5, 0.6) is 0 Å². The van der Waals surface area contributed by atoms with Crippen LogP contribution >= 0.6 is 0 Å². The zero-order valence-electron chi connectivity index (χ0n) is 42.8. The van der Waals surface area contributed by atoms with Gasteiger partial charge in [-0.2, -0.15) is 0 Å². The molecule has 0 fully saturated rings. The molecule has 15 aromatic carbocycles. The molecule has 0 spiro atoms. The van der Waals surface area contributed by atoms with E-state index in [2.05, 4.69) is 97.1 Å². The lowest BCUT2D eigenvalue weighted by molar-refractivity contribution is 0.627. The highest BCUT2D eigenvalue weighted by atomic mass is 19.1. The van der Waals surface area contributed by atoms with E-state index in [1.54, 1.807) is 24.3 Å². The van der Waals surface area contributed by atoms with Crippen LogP contribution in [0.4, 0.5) is 51.7 Å². The van der Waals surface area contributed by atoms with E-state index in [4.69, 9.17) is 0 Å². The maximum absolute atomic E-state index is 16.9. The first-order chi connectivity index (χ1) is 39.3. The fraction of sp³-hybridized carbons (Fsp3) is 0. The van der Waals surface area contributed by atoms with E-state index in [0.29, 0.717) is 43.7 Å². The van der Waals surface area contributed by atoms with Crippen molar-refractivity contribution < 1.29 is 17.6 Å². The second-order valence-corrected chi connectivity index (χ2v) is 20.6. The zero-order valence-corrected chi connectivity index (χ0v) is 42.8. The van der Waals surface area contributed by atoms with Crippen molar-refractivity contribution in [2.24, 2.45) is 0 Å². The van der Waals surface area contributed by atoms with Gasteiger partial charge in [0.2, 0.25) is 0 Å². The molecule has 0 radical (unpaired) electrons. The van der Waals surface area contributed by atoms with Gasteiger partial charge >= 0.3 is 0 Å². The normalized spacial score (nSPS) is 11.8. The Hall–Kier alpha value is -10.3. The molecular weight excluding hydrogens is 993 g/mol. The minimum absolute atomic E-state index is 0.373. The van der Waals surface area contributed by atoms with Gasteiger partial charge < -0.3 is 9.80 Å². The first-order valence-electron chi connectivity index (χ1n) is 26.6. The van der Waals surface area contributed by atoms with Crippen LogP contribution < -0.4 is 9.80 Å². The number of hydrogen-bond donors (Lipinski definition) is 0. The standard InChI is InChI=1S/C74H44F4N2/c75-53-15-7-17-55(39-53)79(57-29-27-49-35-47(23-25-51(49)37-57)45-11-3-1-4-12-45)59-31-33-61-65(41-59)63-19-9-21-71(77)73(63)69-44-68-62-34-32-60(42-66(62)64-20-10-22-72(78)74(64)70(68)43-67(61)69)80(56-18-8-16-54(76)40-56)58-30-28-50-36-48(24-26-52(50)38-58)46-13-5-2-6-14-46/h1-44H. The van der Waals surface area contributed by atoms with Crippen LogP contribution in [-0.4, -0.2) is 0 Å². The third kappa shape index (κ3) is 7.86. The van der Waals surface area contributed by atoms with Crippen LogP contribution in [0.3, 0.4) is 0 Å². The highest BCUT2D eigenvalue weighted by molar-refractivity contribution is 6.33. The van der Waals surface area contributed by atoms with Gasteiger partial charge in [0.15, 0.2) is 0 Å². The molecule has 0 saturated heterocycles. The topological polar surface area (TPSA) is 6.48 Å². The summed E-state index contributed by atoms with van der Waals surface area (Å²) in [7, 11) is 0. The van der Waals surface area contributed by atoms with Gasteiger partial charge in [-0.05, 0) is 219 Å². The van der Waals surface area contributed by atoms with Crippen LogP contribution in [0.1, 0.15) is 0 Å². The third-order valence-corrected chi connectivity index (χ3v) is 15.9. The van der Waals surface area contributed by atoms with Gasteiger partial charge in [-0.3, -0.25) is 0 Å². The summed E-state index contributed by atoms with van der Waals surface area (Å²) in [6.07, 6.45) is 0. The number of anilines is 6. The SMILES string of the molecule is Fc1cccc(N(c2ccc3cc(-c4ccccc4)ccc3c2)c2ccc3c(c2)c2cccc(F)c2c2cc4c5ccc(N(c6cccc(F)c6)c6ccc7cc(-c8ccccc8)ccc7c6)cc5c5cccc(F)c5c4cc32)c1. The van der Waals surface area contributed by atoms with Crippen LogP contribution in [0.15, 0.2) is 267 Å². The zero-order chi connectivity index (χ0) is 53.6. The highest BCUT2D eigenvalue weighted by Gasteiger charge is 2.22. The predicted octanol–water partition coefficient (Wildman–Crippen LogP) is 21.7. The van der Waals surface area contributed by atoms with Crippen LogP contribution in [0.25, 0.3) is 108 Å². The van der Waals surface area contributed by atoms with E-state index >= 15 is 17.6 Å². The van der Waals surface area contributed by atoms with Crippen LogP contribution in [0.2, 0.25) is 0 Å². The average Bonchev–Trinajstić information content (AvgIpc) is 3.58. The van der Waals surface area contributed by atoms with Gasteiger partial charge in [-0.25, -0.2) is 17.6 Å². The molecule has 0 bridgehead atoms. The third-order valence-electron chi connectivity index (χ3n) is 15.9. The molecule has 378 valence electrons. The van der Waals surface area contributed by atoms with E-state index in [0.717, 1.165) is 98.9 Å². The molecule has 0 saturated carbocycles. The monoisotopic (exact) mass is 1040 g/mol. The van der Waals surface area contributed by atoms with E-state index in [9.17, 15) is 0 Å². The first-order valence-corrected chi connectivity index (χ1v) is 26.6. The summed E-state index contributed by atoms with van der Waals surface area (Å²) in [6.45, 7) is 0. The van der Waals surface area contributed by atoms with Crippen molar-refractivity contribution in [2.45, 2.75) is 0 Å². The molecule has 80 heavy (non-hydrogen) atoms. The van der Waals surface area contributed by atoms with E-state index in [1.807, 2.05) is 119 Å². The molecule has 2 nitrogen and oxygen atoms in total. The van der Waals surface area contributed by atoms with Crippen molar-refractivity contribution >= 4 is 120 Å².